The number of imidazole rings is 1. The van der Waals surface area contributed by atoms with Gasteiger partial charge in [0.25, 0.3) is 15.9 Å². The van der Waals surface area contributed by atoms with Crippen LogP contribution in [0.5, 0.6) is 0 Å². The molecule has 0 unspecified atom stereocenters. The van der Waals surface area contributed by atoms with Gasteiger partial charge in [0.1, 0.15) is 5.82 Å². The number of benzene rings is 1. The standard InChI is InChI=1S/C17H18FN5O3S/c18-14-7-3-2-6-13(14)17-20-15(21-26-17)10-22-11-16(19-12-22)27(24,25)23-8-4-1-5-9-23/h2-3,6-7,11-12H,1,4-5,8-10H2. The van der Waals surface area contributed by atoms with E-state index in [9.17, 15) is 12.8 Å². The molecule has 10 heteroatoms. The van der Waals surface area contributed by atoms with Gasteiger partial charge in [0.15, 0.2) is 10.9 Å². The van der Waals surface area contributed by atoms with E-state index in [1.54, 1.807) is 22.8 Å². The second-order valence-corrected chi connectivity index (χ2v) is 8.23. The van der Waals surface area contributed by atoms with Crippen LogP contribution in [0.4, 0.5) is 4.39 Å². The van der Waals surface area contributed by atoms with Crippen molar-refractivity contribution in [2.24, 2.45) is 0 Å². The zero-order chi connectivity index (χ0) is 18.9. The molecule has 3 aromatic rings. The number of hydrogen-bond donors (Lipinski definition) is 0. The topological polar surface area (TPSA) is 94.1 Å². The van der Waals surface area contributed by atoms with Crippen LogP contribution in [0.1, 0.15) is 25.1 Å². The lowest BCUT2D eigenvalue weighted by Crippen LogP contribution is -2.35. The van der Waals surface area contributed by atoms with Crippen molar-refractivity contribution in [1.82, 2.24) is 24.0 Å². The summed E-state index contributed by atoms with van der Waals surface area (Å²) in [7, 11) is -3.59. The van der Waals surface area contributed by atoms with Gasteiger partial charge < -0.3 is 9.09 Å². The van der Waals surface area contributed by atoms with Crippen molar-refractivity contribution in [3.63, 3.8) is 0 Å². The molecule has 0 N–H and O–H groups in total. The lowest BCUT2D eigenvalue weighted by Gasteiger charge is -2.24. The van der Waals surface area contributed by atoms with Crippen LogP contribution in [0.15, 0.2) is 46.3 Å². The summed E-state index contributed by atoms with van der Waals surface area (Å²) in [5, 5.41) is 3.83. The third kappa shape index (κ3) is 3.62. The molecular weight excluding hydrogens is 373 g/mol. The quantitative estimate of drug-likeness (QED) is 0.662. The Morgan fingerprint density at radius 2 is 1.93 bits per heavy atom. The van der Waals surface area contributed by atoms with Crippen molar-refractivity contribution in [3.05, 3.63) is 48.4 Å². The second kappa shape index (κ2) is 7.20. The first kappa shape index (κ1) is 17.8. The van der Waals surface area contributed by atoms with Crippen LogP contribution in [0.3, 0.4) is 0 Å². The molecule has 27 heavy (non-hydrogen) atoms. The van der Waals surface area contributed by atoms with E-state index in [0.717, 1.165) is 19.3 Å². The Labute approximate surface area is 155 Å². The van der Waals surface area contributed by atoms with Gasteiger partial charge in [0.05, 0.1) is 18.4 Å². The molecular formula is C17H18FN5O3S. The summed E-state index contributed by atoms with van der Waals surface area (Å²) in [6.07, 6.45) is 5.63. The first-order valence-corrected chi connectivity index (χ1v) is 10.1. The maximum atomic E-state index is 13.8. The van der Waals surface area contributed by atoms with Crippen LogP contribution in [-0.4, -0.2) is 45.5 Å². The fraction of sp³-hybridized carbons (Fsp3) is 0.353. The molecule has 0 radical (unpaired) electrons. The zero-order valence-corrected chi connectivity index (χ0v) is 15.3. The normalized spacial score (nSPS) is 15.9. The lowest BCUT2D eigenvalue weighted by atomic mass is 10.2. The predicted octanol–water partition coefficient (Wildman–Crippen LogP) is 2.30. The minimum Gasteiger partial charge on any atom is -0.334 e. The van der Waals surface area contributed by atoms with Crippen LogP contribution >= 0.6 is 0 Å². The molecule has 8 nitrogen and oxygen atoms in total. The van der Waals surface area contributed by atoms with Gasteiger partial charge in [-0.15, -0.1) is 0 Å². The summed E-state index contributed by atoms with van der Waals surface area (Å²) in [6, 6.07) is 6.11. The Morgan fingerprint density at radius 1 is 1.15 bits per heavy atom. The summed E-state index contributed by atoms with van der Waals surface area (Å²) in [6.45, 7) is 1.21. The lowest BCUT2D eigenvalue weighted by molar-refractivity contribution is 0.345. The van der Waals surface area contributed by atoms with E-state index < -0.39 is 15.8 Å². The fourth-order valence-corrected chi connectivity index (χ4v) is 4.47. The zero-order valence-electron chi connectivity index (χ0n) is 14.5. The molecule has 0 amide bonds. The molecule has 0 bridgehead atoms. The average molecular weight is 391 g/mol. The Morgan fingerprint density at radius 3 is 2.70 bits per heavy atom. The largest absolute Gasteiger partial charge is 0.334 e. The van der Waals surface area contributed by atoms with Crippen molar-refractivity contribution < 1.29 is 17.3 Å². The highest BCUT2D eigenvalue weighted by Gasteiger charge is 2.28. The number of nitrogens with zero attached hydrogens (tertiary/aromatic N) is 5. The monoisotopic (exact) mass is 391 g/mol. The highest BCUT2D eigenvalue weighted by atomic mass is 32.2. The van der Waals surface area contributed by atoms with Gasteiger partial charge in [-0.2, -0.15) is 9.29 Å². The fourth-order valence-electron chi connectivity index (χ4n) is 3.02. The van der Waals surface area contributed by atoms with Crippen LogP contribution < -0.4 is 0 Å². The maximum absolute atomic E-state index is 13.8. The smallest absolute Gasteiger partial charge is 0.262 e. The third-order valence-electron chi connectivity index (χ3n) is 4.43. The summed E-state index contributed by atoms with van der Waals surface area (Å²) >= 11 is 0. The Hall–Kier alpha value is -2.59. The SMILES string of the molecule is O=S(=O)(c1cn(Cc2noc(-c3ccccc3F)n2)cn1)N1CCCCC1. The summed E-state index contributed by atoms with van der Waals surface area (Å²) in [4.78, 5) is 8.20. The first-order chi connectivity index (χ1) is 13.0. The van der Waals surface area contributed by atoms with Crippen molar-refractivity contribution in [1.29, 1.82) is 0 Å². The van der Waals surface area contributed by atoms with Gasteiger partial charge >= 0.3 is 0 Å². The van der Waals surface area contributed by atoms with Crippen LogP contribution in [0.25, 0.3) is 11.5 Å². The van der Waals surface area contributed by atoms with E-state index in [4.69, 9.17) is 4.52 Å². The Balaban J connectivity index is 1.51. The van der Waals surface area contributed by atoms with E-state index in [0.29, 0.717) is 18.9 Å². The van der Waals surface area contributed by atoms with Crippen molar-refractivity contribution in [3.8, 4) is 11.5 Å². The van der Waals surface area contributed by atoms with Gasteiger partial charge in [-0.1, -0.05) is 23.7 Å². The molecule has 0 saturated carbocycles. The molecule has 1 aliphatic heterocycles. The van der Waals surface area contributed by atoms with Gasteiger partial charge in [-0.25, -0.2) is 17.8 Å². The summed E-state index contributed by atoms with van der Waals surface area (Å²) < 4.78 is 47.2. The van der Waals surface area contributed by atoms with Gasteiger partial charge in [0.2, 0.25) is 0 Å². The van der Waals surface area contributed by atoms with Gasteiger partial charge in [0, 0.05) is 19.3 Å². The average Bonchev–Trinajstić information content (AvgIpc) is 3.33. The van der Waals surface area contributed by atoms with Gasteiger partial charge in [-0.3, -0.25) is 0 Å². The minimum absolute atomic E-state index is 0.00206. The maximum Gasteiger partial charge on any atom is 0.262 e. The molecule has 0 aliphatic carbocycles. The van der Waals surface area contributed by atoms with E-state index in [2.05, 4.69) is 15.1 Å². The number of sulfonamides is 1. The number of aromatic nitrogens is 4. The van der Waals surface area contributed by atoms with Crippen molar-refractivity contribution >= 4 is 10.0 Å². The predicted molar refractivity (Wildman–Crippen MR) is 93.6 cm³/mol. The molecule has 1 aliphatic rings. The van der Waals surface area contributed by atoms with Crippen LogP contribution in [0.2, 0.25) is 0 Å². The molecule has 4 rings (SSSR count). The molecule has 1 fully saturated rings. The Kier molecular flexibility index (Phi) is 4.75. The van der Waals surface area contributed by atoms with Crippen molar-refractivity contribution in [2.45, 2.75) is 30.8 Å². The van der Waals surface area contributed by atoms with E-state index in [1.165, 1.54) is 22.9 Å². The van der Waals surface area contributed by atoms with E-state index in [-0.39, 0.29) is 23.0 Å². The number of halogens is 1. The number of rotatable bonds is 5. The third-order valence-corrected chi connectivity index (χ3v) is 6.21. The second-order valence-electron chi connectivity index (χ2n) is 6.34. The summed E-state index contributed by atoms with van der Waals surface area (Å²) in [5.41, 5.74) is 0.218. The number of hydrogen-bond acceptors (Lipinski definition) is 6. The molecule has 1 saturated heterocycles. The molecule has 1 aromatic carbocycles. The molecule has 142 valence electrons. The van der Waals surface area contributed by atoms with E-state index >= 15 is 0 Å². The molecule has 3 heterocycles. The van der Waals surface area contributed by atoms with Crippen LogP contribution in [-0.2, 0) is 16.6 Å². The van der Waals surface area contributed by atoms with Crippen molar-refractivity contribution in [2.75, 3.05) is 13.1 Å². The minimum atomic E-state index is -3.59. The molecule has 0 spiro atoms. The van der Waals surface area contributed by atoms with Crippen LogP contribution in [0, 0.1) is 5.82 Å². The highest BCUT2D eigenvalue weighted by Crippen LogP contribution is 2.21. The molecule has 2 aromatic heterocycles. The summed E-state index contributed by atoms with van der Waals surface area (Å²) in [5.74, 6) is -0.0813. The molecule has 0 atom stereocenters. The van der Waals surface area contributed by atoms with Gasteiger partial charge in [-0.05, 0) is 25.0 Å². The van der Waals surface area contributed by atoms with E-state index in [1.807, 2.05) is 0 Å². The number of piperidine rings is 1. The Bertz CT molecular complexity index is 1040. The first-order valence-electron chi connectivity index (χ1n) is 8.63. The highest BCUT2D eigenvalue weighted by molar-refractivity contribution is 7.89.